The van der Waals surface area contributed by atoms with Gasteiger partial charge in [0, 0.05) is 28.9 Å². The summed E-state index contributed by atoms with van der Waals surface area (Å²) in [6.07, 6.45) is 2.44. The van der Waals surface area contributed by atoms with Crippen LogP contribution in [0.4, 0.5) is 5.13 Å². The van der Waals surface area contributed by atoms with Gasteiger partial charge in [-0.15, -0.1) is 11.8 Å². The van der Waals surface area contributed by atoms with Crippen LogP contribution in [0, 0.1) is 0 Å². The molecule has 4 rings (SSSR count). The normalized spacial score (nSPS) is 18.4. The lowest BCUT2D eigenvalue weighted by Crippen LogP contribution is -2.71. The Bertz CT molecular complexity index is 1640. The summed E-state index contributed by atoms with van der Waals surface area (Å²) in [6.45, 7) is 2.19. The number of thioether (sulfide) groups is 1. The van der Waals surface area contributed by atoms with E-state index in [4.69, 9.17) is 16.3 Å². The van der Waals surface area contributed by atoms with Gasteiger partial charge in [0.15, 0.2) is 24.1 Å². The Balaban J connectivity index is 1.58. The molecule has 3 amide bonds. The maximum Gasteiger partial charge on any atom is 0.350 e. The number of aromatic nitrogens is 3. The number of carboxylic acids is 3. The van der Waals surface area contributed by atoms with Gasteiger partial charge in [-0.2, -0.15) is 9.36 Å². The van der Waals surface area contributed by atoms with E-state index >= 15 is 0 Å². The van der Waals surface area contributed by atoms with Crippen LogP contribution in [0.2, 0.25) is 0 Å². The summed E-state index contributed by atoms with van der Waals surface area (Å²) in [5.41, 5.74) is 7.48. The van der Waals surface area contributed by atoms with Crippen molar-refractivity contribution >= 4 is 69.8 Å². The fraction of sp³-hybridized carbons (Fsp3) is 0.304. The molecule has 0 saturated carbocycles. The lowest BCUT2D eigenvalue weighted by atomic mass is 10.0. The molecular weight excluding hydrogens is 612 g/mol. The van der Waals surface area contributed by atoms with E-state index in [2.05, 4.69) is 19.8 Å². The number of pyridine rings is 1. The fourth-order valence-electron chi connectivity index (χ4n) is 3.96. The Labute approximate surface area is 249 Å². The number of carbonyl (C=O) groups excluding carboxylic acids is 4. The van der Waals surface area contributed by atoms with Crippen LogP contribution in [-0.2, 0) is 30.6 Å². The predicted molar refractivity (Wildman–Crippen MR) is 143 cm³/mol. The largest absolute Gasteiger partial charge is 0.543 e. The SMILES string of the molecule is CC(C)(O/N=C(\C(=O)N[C@@H]1C(=O)N2C(C(=O)[O-])=C(C[n+]3ccc(C(N)=O)c(C(=O)O)c3)CS[C@@H]12)c1nsc(N)n1)C(=O)O. The van der Waals surface area contributed by atoms with Gasteiger partial charge in [0.1, 0.15) is 17.0 Å². The molecule has 18 nitrogen and oxygen atoms in total. The van der Waals surface area contributed by atoms with Crippen LogP contribution < -0.4 is 26.5 Å². The van der Waals surface area contributed by atoms with Crippen molar-refractivity contribution in [1.29, 1.82) is 0 Å². The Morgan fingerprint density at radius 1 is 1.28 bits per heavy atom. The van der Waals surface area contributed by atoms with Crippen LogP contribution in [0.25, 0.3) is 0 Å². The highest BCUT2D eigenvalue weighted by Gasteiger charge is 2.53. The van der Waals surface area contributed by atoms with Crippen molar-refractivity contribution in [2.24, 2.45) is 10.9 Å². The van der Waals surface area contributed by atoms with E-state index < -0.39 is 69.6 Å². The second kappa shape index (κ2) is 11.6. The zero-order chi connectivity index (χ0) is 31.8. The second-order valence-corrected chi connectivity index (χ2v) is 11.4. The maximum atomic E-state index is 13.2. The summed E-state index contributed by atoms with van der Waals surface area (Å²) in [6, 6.07) is -0.0572. The van der Waals surface area contributed by atoms with Crippen molar-refractivity contribution < 1.29 is 53.5 Å². The number of fused-ring (bicyclic) bond motifs is 1. The van der Waals surface area contributed by atoms with Gasteiger partial charge in [-0.3, -0.25) is 19.3 Å². The Hall–Kier alpha value is -5.11. The van der Waals surface area contributed by atoms with E-state index in [0.29, 0.717) is 0 Å². The van der Waals surface area contributed by atoms with Gasteiger partial charge in [0.05, 0.1) is 17.2 Å². The lowest BCUT2D eigenvalue weighted by molar-refractivity contribution is -0.689. The predicted octanol–water partition coefficient (Wildman–Crippen LogP) is -3.11. The first-order valence-corrected chi connectivity index (χ1v) is 13.8. The fourth-order valence-corrected chi connectivity index (χ4v) is 5.73. The third kappa shape index (κ3) is 6.09. The van der Waals surface area contributed by atoms with Crippen LogP contribution in [0.1, 0.15) is 40.4 Å². The molecular formula is C23H22N8O10S2. The molecule has 2 aromatic heterocycles. The monoisotopic (exact) mass is 634 g/mol. The number of carbonyl (C=O) groups is 6. The van der Waals surface area contributed by atoms with Crippen LogP contribution in [-0.4, -0.2) is 88.6 Å². The zero-order valence-corrected chi connectivity index (χ0v) is 23.8. The topological polar surface area (TPSA) is 284 Å². The number of hydrogen-bond acceptors (Lipinski definition) is 14. The third-order valence-electron chi connectivity index (χ3n) is 6.16. The van der Waals surface area contributed by atoms with E-state index in [1.54, 1.807) is 0 Å². The van der Waals surface area contributed by atoms with Gasteiger partial charge in [-0.05, 0) is 13.8 Å². The highest BCUT2D eigenvalue weighted by atomic mass is 32.2. The Morgan fingerprint density at radius 3 is 2.53 bits per heavy atom. The first-order chi connectivity index (χ1) is 20.1. The highest BCUT2D eigenvalue weighted by Crippen LogP contribution is 2.40. The van der Waals surface area contributed by atoms with E-state index in [1.807, 2.05) is 0 Å². The molecule has 4 heterocycles. The molecule has 2 aliphatic rings. The number of aromatic carboxylic acids is 1. The van der Waals surface area contributed by atoms with Gasteiger partial charge in [-0.1, -0.05) is 5.16 Å². The standard InChI is InChI=1S/C23H22N8O10S2/c1-23(2,21(39)40)41-28-11(15-27-22(25)43-29-15)16(33)26-12-17(34)31-13(20(37)38)8(7-42-18(12)31)5-30-4-3-9(14(24)32)10(6-30)19(35)36/h3-4,6,12,18H,5,7H2,1-2H3,(H7-,24,25,26,27,29,32,33,35,36,37,38,39,40)/b28-11-/t12-,18+/m1/s1. The van der Waals surface area contributed by atoms with Crippen molar-refractivity contribution in [3.63, 3.8) is 0 Å². The minimum atomic E-state index is -1.84. The van der Waals surface area contributed by atoms with Crippen molar-refractivity contribution in [3.05, 3.63) is 46.7 Å². The van der Waals surface area contributed by atoms with E-state index in [1.165, 1.54) is 30.7 Å². The van der Waals surface area contributed by atoms with Crippen LogP contribution in [0.3, 0.4) is 0 Å². The van der Waals surface area contributed by atoms with Crippen molar-refractivity contribution in [3.8, 4) is 0 Å². The number of aliphatic carboxylic acids is 2. The first-order valence-electron chi connectivity index (χ1n) is 12.0. The second-order valence-electron chi connectivity index (χ2n) is 9.52. The number of hydrogen-bond donors (Lipinski definition) is 5. The summed E-state index contributed by atoms with van der Waals surface area (Å²) >= 11 is 1.83. The molecule has 2 aliphatic heterocycles. The quantitative estimate of drug-likeness (QED) is 0.0708. The van der Waals surface area contributed by atoms with Gasteiger partial charge in [-0.25, -0.2) is 14.2 Å². The molecule has 20 heteroatoms. The molecule has 43 heavy (non-hydrogen) atoms. The van der Waals surface area contributed by atoms with Gasteiger partial charge in [0.25, 0.3) is 11.8 Å². The number of nitrogens with two attached hydrogens (primary N) is 2. The average molecular weight is 635 g/mol. The summed E-state index contributed by atoms with van der Waals surface area (Å²) in [5.74, 6) is -7.54. The molecule has 2 aromatic rings. The average Bonchev–Trinajstić information content (AvgIpc) is 3.36. The Morgan fingerprint density at radius 2 is 1.98 bits per heavy atom. The summed E-state index contributed by atoms with van der Waals surface area (Å²) in [5, 5.41) is 36.0. The number of nitrogen functional groups attached to an aromatic ring is 1. The minimum absolute atomic E-state index is 0.0318. The minimum Gasteiger partial charge on any atom is -0.543 e. The summed E-state index contributed by atoms with van der Waals surface area (Å²) in [4.78, 5) is 82.7. The molecule has 7 N–H and O–H groups in total. The van der Waals surface area contributed by atoms with Crippen LogP contribution in [0.5, 0.6) is 0 Å². The third-order valence-corrected chi connectivity index (χ3v) is 8.05. The van der Waals surface area contributed by atoms with Crippen molar-refractivity contribution in [2.75, 3.05) is 11.5 Å². The van der Waals surface area contributed by atoms with Crippen LogP contribution >= 0.6 is 23.3 Å². The zero-order valence-electron chi connectivity index (χ0n) is 22.2. The molecule has 1 saturated heterocycles. The summed E-state index contributed by atoms with van der Waals surface area (Å²) < 4.78 is 5.19. The number of β-lactam (4-membered cyclic amide) rings is 1. The van der Waals surface area contributed by atoms with Crippen molar-refractivity contribution in [1.82, 2.24) is 19.6 Å². The number of carboxylic acid groups (broad SMARTS) is 3. The number of anilines is 1. The molecule has 0 bridgehead atoms. The summed E-state index contributed by atoms with van der Waals surface area (Å²) in [7, 11) is 0. The maximum absolute atomic E-state index is 13.2. The number of primary amides is 1. The number of nitrogens with zero attached hydrogens (tertiary/aromatic N) is 5. The number of rotatable bonds is 11. The highest BCUT2D eigenvalue weighted by molar-refractivity contribution is 8.00. The van der Waals surface area contributed by atoms with Crippen LogP contribution in [0.15, 0.2) is 34.9 Å². The first kappa shape index (κ1) is 30.8. The molecule has 0 radical (unpaired) electrons. The smallest absolute Gasteiger partial charge is 0.350 e. The van der Waals surface area contributed by atoms with Crippen molar-refractivity contribution in [2.45, 2.75) is 37.4 Å². The molecule has 0 unspecified atom stereocenters. The van der Waals surface area contributed by atoms with Gasteiger partial charge in [0.2, 0.25) is 23.0 Å². The number of oxime groups is 1. The molecule has 0 aromatic carbocycles. The molecule has 0 spiro atoms. The van der Waals surface area contributed by atoms with E-state index in [-0.39, 0.29) is 34.4 Å². The molecule has 1 fully saturated rings. The number of nitrogens with one attached hydrogen (secondary N) is 1. The molecule has 2 atom stereocenters. The Kier molecular flexibility index (Phi) is 8.35. The van der Waals surface area contributed by atoms with E-state index in [9.17, 15) is 44.1 Å². The van der Waals surface area contributed by atoms with Gasteiger partial charge < -0.3 is 41.7 Å². The van der Waals surface area contributed by atoms with E-state index in [0.717, 1.165) is 34.4 Å². The molecule has 0 aliphatic carbocycles. The van der Waals surface area contributed by atoms with Gasteiger partial charge >= 0.3 is 11.9 Å². The molecule has 226 valence electrons. The number of amides is 3. The lowest BCUT2D eigenvalue weighted by Gasteiger charge is -2.50.